The van der Waals surface area contributed by atoms with Crippen LogP contribution < -0.4 is 5.32 Å². The van der Waals surface area contributed by atoms with Crippen molar-refractivity contribution in [2.24, 2.45) is 0 Å². The van der Waals surface area contributed by atoms with Crippen LogP contribution in [0.5, 0.6) is 0 Å². The quantitative estimate of drug-likeness (QED) is 0.780. The van der Waals surface area contributed by atoms with Crippen LogP contribution in [-0.2, 0) is 16.8 Å². The molecule has 1 aliphatic heterocycles. The van der Waals surface area contributed by atoms with Gasteiger partial charge in [0.1, 0.15) is 0 Å². The average Bonchev–Trinajstić information content (AvgIpc) is 2.97. The third-order valence-electron chi connectivity index (χ3n) is 3.74. The Balaban J connectivity index is 1.69. The molecule has 0 unspecified atom stereocenters. The Labute approximate surface area is 121 Å². The molecule has 20 heavy (non-hydrogen) atoms. The Morgan fingerprint density at radius 1 is 1.45 bits per heavy atom. The number of nitrogens with one attached hydrogen (secondary N) is 2. The summed E-state index contributed by atoms with van der Waals surface area (Å²) in [5.74, 6) is 0.315. The van der Waals surface area contributed by atoms with E-state index in [-0.39, 0.29) is 5.41 Å². The average molecular weight is 278 g/mol. The second-order valence-electron chi connectivity index (χ2n) is 6.53. The molecule has 5 nitrogen and oxygen atoms in total. The molecule has 0 aliphatic carbocycles. The largest absolute Gasteiger partial charge is 0.343 e. The minimum atomic E-state index is 0.0927. The Morgan fingerprint density at radius 2 is 2.25 bits per heavy atom. The van der Waals surface area contributed by atoms with E-state index in [1.54, 1.807) is 0 Å². The lowest BCUT2D eigenvalue weighted by Gasteiger charge is -2.19. The first-order valence-electron chi connectivity index (χ1n) is 7.49. The Morgan fingerprint density at radius 3 is 2.90 bits per heavy atom. The fourth-order valence-electron chi connectivity index (χ4n) is 2.65. The van der Waals surface area contributed by atoms with E-state index in [1.807, 2.05) is 11.1 Å². The summed E-state index contributed by atoms with van der Waals surface area (Å²) < 4.78 is 0. The maximum Gasteiger partial charge on any atom is 0.222 e. The third kappa shape index (κ3) is 3.82. The first kappa shape index (κ1) is 15.0. The van der Waals surface area contributed by atoms with E-state index in [0.29, 0.717) is 5.91 Å². The van der Waals surface area contributed by atoms with Crippen LogP contribution in [0.3, 0.4) is 0 Å². The number of amides is 1. The van der Waals surface area contributed by atoms with Crippen LogP contribution in [0.1, 0.15) is 51.3 Å². The van der Waals surface area contributed by atoms with Gasteiger partial charge in [-0.25, -0.2) is 0 Å². The van der Waals surface area contributed by atoms with E-state index in [1.165, 1.54) is 11.3 Å². The lowest BCUT2D eigenvalue weighted by atomic mass is 9.89. The molecule has 2 heterocycles. The van der Waals surface area contributed by atoms with Crippen molar-refractivity contribution in [2.45, 2.75) is 52.0 Å². The van der Waals surface area contributed by atoms with Gasteiger partial charge in [0.25, 0.3) is 0 Å². The van der Waals surface area contributed by atoms with Gasteiger partial charge >= 0.3 is 0 Å². The van der Waals surface area contributed by atoms with Crippen LogP contribution in [0.25, 0.3) is 0 Å². The standard InChI is InChI=1S/C15H26N4O/c1-15(2,3)14-12(11-17-18-14)10-16-7-5-9-19-8-4-6-13(19)20/h11,16H,4-10H2,1-3H3,(H,17,18). The summed E-state index contributed by atoms with van der Waals surface area (Å²) in [6.45, 7) is 10.1. The molecular weight excluding hydrogens is 252 g/mol. The molecule has 1 aromatic rings. The summed E-state index contributed by atoms with van der Waals surface area (Å²) in [5.41, 5.74) is 2.52. The van der Waals surface area contributed by atoms with Crippen LogP contribution in [-0.4, -0.2) is 40.6 Å². The summed E-state index contributed by atoms with van der Waals surface area (Å²) >= 11 is 0. The van der Waals surface area contributed by atoms with Crippen LogP contribution >= 0.6 is 0 Å². The molecule has 0 bridgehead atoms. The number of H-pyrrole nitrogens is 1. The highest BCUT2D eigenvalue weighted by Gasteiger charge is 2.20. The Hall–Kier alpha value is -1.36. The first-order chi connectivity index (χ1) is 9.48. The van der Waals surface area contributed by atoms with Gasteiger partial charge in [-0.05, 0) is 19.4 Å². The van der Waals surface area contributed by atoms with Crippen molar-refractivity contribution in [1.82, 2.24) is 20.4 Å². The summed E-state index contributed by atoms with van der Waals surface area (Å²) in [6, 6.07) is 0. The summed E-state index contributed by atoms with van der Waals surface area (Å²) in [4.78, 5) is 13.4. The molecule has 2 N–H and O–H groups in total. The molecule has 2 rings (SSSR count). The molecule has 0 aromatic carbocycles. The van der Waals surface area contributed by atoms with E-state index >= 15 is 0 Å². The van der Waals surface area contributed by atoms with Gasteiger partial charge in [0, 0.05) is 42.7 Å². The van der Waals surface area contributed by atoms with Gasteiger partial charge in [0.05, 0.1) is 6.20 Å². The summed E-state index contributed by atoms with van der Waals surface area (Å²) in [5, 5.41) is 10.7. The van der Waals surface area contributed by atoms with Gasteiger partial charge in [-0.1, -0.05) is 20.8 Å². The molecule has 1 aromatic heterocycles. The maximum atomic E-state index is 11.5. The number of hydrogen-bond acceptors (Lipinski definition) is 3. The van der Waals surface area contributed by atoms with Crippen molar-refractivity contribution in [3.8, 4) is 0 Å². The van der Waals surface area contributed by atoms with Crippen molar-refractivity contribution in [3.05, 3.63) is 17.5 Å². The van der Waals surface area contributed by atoms with Crippen LogP contribution in [0.4, 0.5) is 0 Å². The second kappa shape index (κ2) is 6.39. The van der Waals surface area contributed by atoms with E-state index in [4.69, 9.17) is 0 Å². The zero-order chi connectivity index (χ0) is 14.6. The van der Waals surface area contributed by atoms with Crippen molar-refractivity contribution >= 4 is 5.91 Å². The Bertz CT molecular complexity index is 447. The lowest BCUT2D eigenvalue weighted by Crippen LogP contribution is -2.28. The number of carbonyl (C=O) groups excluding carboxylic acids is 1. The molecule has 0 radical (unpaired) electrons. The third-order valence-corrected chi connectivity index (χ3v) is 3.74. The van der Waals surface area contributed by atoms with E-state index < -0.39 is 0 Å². The van der Waals surface area contributed by atoms with Gasteiger partial charge in [-0.3, -0.25) is 9.89 Å². The molecule has 1 aliphatic rings. The highest BCUT2D eigenvalue weighted by atomic mass is 16.2. The topological polar surface area (TPSA) is 61.0 Å². The predicted octanol–water partition coefficient (Wildman–Crippen LogP) is 1.81. The number of aromatic nitrogens is 2. The summed E-state index contributed by atoms with van der Waals surface area (Å²) in [7, 11) is 0. The molecular formula is C15H26N4O. The van der Waals surface area contributed by atoms with Crippen molar-refractivity contribution in [1.29, 1.82) is 0 Å². The minimum absolute atomic E-state index is 0.0927. The highest BCUT2D eigenvalue weighted by molar-refractivity contribution is 5.77. The molecule has 0 spiro atoms. The second-order valence-corrected chi connectivity index (χ2v) is 6.53. The fraction of sp³-hybridized carbons (Fsp3) is 0.733. The minimum Gasteiger partial charge on any atom is -0.343 e. The SMILES string of the molecule is CC(C)(C)c1[nH]ncc1CNCCCN1CCCC1=O. The van der Waals surface area contributed by atoms with Gasteiger partial charge in [-0.15, -0.1) is 0 Å². The number of nitrogens with zero attached hydrogens (tertiary/aromatic N) is 2. The lowest BCUT2D eigenvalue weighted by molar-refractivity contribution is -0.127. The zero-order valence-electron chi connectivity index (χ0n) is 12.8. The van der Waals surface area contributed by atoms with Crippen LogP contribution in [0, 0.1) is 0 Å². The van der Waals surface area contributed by atoms with E-state index in [9.17, 15) is 4.79 Å². The number of rotatable bonds is 6. The molecule has 1 amide bonds. The highest BCUT2D eigenvalue weighted by Crippen LogP contribution is 2.23. The van der Waals surface area contributed by atoms with Crippen LogP contribution in [0.15, 0.2) is 6.20 Å². The van der Waals surface area contributed by atoms with Gasteiger partial charge in [0.15, 0.2) is 0 Å². The van der Waals surface area contributed by atoms with Crippen molar-refractivity contribution < 1.29 is 4.79 Å². The van der Waals surface area contributed by atoms with Gasteiger partial charge in [0.2, 0.25) is 5.91 Å². The molecule has 5 heteroatoms. The monoisotopic (exact) mass is 278 g/mol. The number of carbonyl (C=O) groups is 1. The molecule has 0 saturated carbocycles. The predicted molar refractivity (Wildman–Crippen MR) is 79.4 cm³/mol. The fourth-order valence-corrected chi connectivity index (χ4v) is 2.65. The Kier molecular flexibility index (Phi) is 4.81. The van der Waals surface area contributed by atoms with E-state index in [0.717, 1.165) is 45.4 Å². The first-order valence-corrected chi connectivity index (χ1v) is 7.49. The normalized spacial score (nSPS) is 16.1. The van der Waals surface area contributed by atoms with Crippen molar-refractivity contribution in [2.75, 3.05) is 19.6 Å². The molecule has 1 fully saturated rings. The number of aromatic amines is 1. The van der Waals surface area contributed by atoms with Crippen LogP contribution in [0.2, 0.25) is 0 Å². The molecule has 0 atom stereocenters. The zero-order valence-corrected chi connectivity index (χ0v) is 12.8. The van der Waals surface area contributed by atoms with Crippen molar-refractivity contribution in [3.63, 3.8) is 0 Å². The molecule has 1 saturated heterocycles. The smallest absolute Gasteiger partial charge is 0.222 e. The van der Waals surface area contributed by atoms with Gasteiger partial charge in [-0.2, -0.15) is 5.10 Å². The molecule has 112 valence electrons. The van der Waals surface area contributed by atoms with E-state index in [2.05, 4.69) is 36.3 Å². The number of likely N-dealkylation sites (tertiary alicyclic amines) is 1. The van der Waals surface area contributed by atoms with Gasteiger partial charge < -0.3 is 10.2 Å². The number of hydrogen-bond donors (Lipinski definition) is 2. The summed E-state index contributed by atoms with van der Waals surface area (Å²) in [6.07, 6.45) is 4.67. The maximum absolute atomic E-state index is 11.5.